The van der Waals surface area contributed by atoms with Crippen LogP contribution in [0.4, 0.5) is 4.39 Å². The number of unbranched alkanes of at least 4 members (excludes halogenated alkanes) is 2. The Hall–Kier alpha value is -2.13. The third-order valence-corrected chi connectivity index (χ3v) is 3.06. The van der Waals surface area contributed by atoms with Crippen LogP contribution in [-0.2, 0) is 0 Å². The fourth-order valence-electron chi connectivity index (χ4n) is 1.85. The van der Waals surface area contributed by atoms with Gasteiger partial charge in [-0.05, 0) is 45.7 Å². The van der Waals surface area contributed by atoms with Crippen LogP contribution in [0.5, 0.6) is 11.5 Å². The van der Waals surface area contributed by atoms with E-state index in [0.29, 0.717) is 24.5 Å². The highest BCUT2D eigenvalue weighted by Crippen LogP contribution is 2.28. The maximum atomic E-state index is 14.2. The minimum absolute atomic E-state index is 0.270. The predicted octanol–water partition coefficient (Wildman–Crippen LogP) is 4.50. The van der Waals surface area contributed by atoms with E-state index in [-0.39, 0.29) is 11.6 Å². The summed E-state index contributed by atoms with van der Waals surface area (Å²) in [6.07, 6.45) is 3.17. The lowest BCUT2D eigenvalue weighted by Gasteiger charge is -2.12. The average Bonchev–Trinajstić information content (AvgIpc) is 2.52. The second kappa shape index (κ2) is 10.6. The van der Waals surface area contributed by atoms with Crippen molar-refractivity contribution in [1.82, 2.24) is 0 Å². The van der Waals surface area contributed by atoms with E-state index in [4.69, 9.17) is 9.47 Å². The highest BCUT2D eigenvalue weighted by atomic mass is 19.1. The van der Waals surface area contributed by atoms with E-state index < -0.39 is 0 Å². The quantitative estimate of drug-likeness (QED) is 0.520. The van der Waals surface area contributed by atoms with Crippen molar-refractivity contribution in [1.29, 1.82) is 0 Å². The van der Waals surface area contributed by atoms with E-state index >= 15 is 0 Å². The smallest absolute Gasteiger partial charge is 0.171 e. The summed E-state index contributed by atoms with van der Waals surface area (Å²) in [5, 5.41) is 0. The SMILES string of the molecule is CC#CCCCOc1ccc(OCCCC#CC)c(F)c1C. The van der Waals surface area contributed by atoms with Gasteiger partial charge in [0.25, 0.3) is 0 Å². The fourth-order valence-corrected chi connectivity index (χ4v) is 1.85. The number of halogens is 1. The van der Waals surface area contributed by atoms with Crippen molar-refractivity contribution in [2.75, 3.05) is 13.2 Å². The first-order valence-corrected chi connectivity index (χ1v) is 7.54. The Kier molecular flexibility index (Phi) is 8.61. The first-order valence-electron chi connectivity index (χ1n) is 7.54. The molecule has 0 saturated carbocycles. The van der Waals surface area contributed by atoms with Gasteiger partial charge in [-0.1, -0.05) is 0 Å². The van der Waals surface area contributed by atoms with E-state index in [1.165, 1.54) is 0 Å². The molecule has 118 valence electrons. The van der Waals surface area contributed by atoms with Crippen LogP contribution in [-0.4, -0.2) is 13.2 Å². The van der Waals surface area contributed by atoms with Crippen LogP contribution in [0, 0.1) is 36.4 Å². The minimum Gasteiger partial charge on any atom is -0.493 e. The van der Waals surface area contributed by atoms with Gasteiger partial charge in [0.1, 0.15) is 5.75 Å². The van der Waals surface area contributed by atoms with Crippen LogP contribution >= 0.6 is 0 Å². The molecule has 22 heavy (non-hydrogen) atoms. The largest absolute Gasteiger partial charge is 0.493 e. The molecule has 0 atom stereocenters. The zero-order valence-corrected chi connectivity index (χ0v) is 13.6. The van der Waals surface area contributed by atoms with Crippen molar-refractivity contribution < 1.29 is 13.9 Å². The second-order valence-electron chi connectivity index (χ2n) is 4.76. The van der Waals surface area contributed by atoms with Gasteiger partial charge in [0.2, 0.25) is 0 Å². The van der Waals surface area contributed by atoms with Crippen molar-refractivity contribution in [3.8, 4) is 35.2 Å². The summed E-state index contributed by atoms with van der Waals surface area (Å²) in [5.74, 6) is 12.1. The lowest BCUT2D eigenvalue weighted by Crippen LogP contribution is -2.03. The molecule has 0 spiro atoms. The number of ether oxygens (including phenoxy) is 2. The summed E-state index contributed by atoms with van der Waals surface area (Å²) in [7, 11) is 0. The third-order valence-electron chi connectivity index (χ3n) is 3.06. The zero-order valence-electron chi connectivity index (χ0n) is 13.6. The molecule has 3 heteroatoms. The first-order chi connectivity index (χ1) is 10.7. The van der Waals surface area contributed by atoms with Crippen LogP contribution in [0.3, 0.4) is 0 Å². The molecule has 1 aromatic rings. The Morgan fingerprint density at radius 2 is 1.41 bits per heavy atom. The fraction of sp³-hybridized carbons (Fsp3) is 0.474. The molecular formula is C19H23FO2. The highest BCUT2D eigenvalue weighted by Gasteiger charge is 2.11. The summed E-state index contributed by atoms with van der Waals surface area (Å²) < 4.78 is 25.3. The molecule has 0 aromatic heterocycles. The summed E-state index contributed by atoms with van der Waals surface area (Å²) in [6, 6.07) is 3.38. The molecule has 1 rings (SSSR count). The van der Waals surface area contributed by atoms with Crippen LogP contribution in [0.25, 0.3) is 0 Å². The van der Waals surface area contributed by atoms with Crippen molar-refractivity contribution >= 4 is 0 Å². The molecule has 0 N–H and O–H groups in total. The second-order valence-corrected chi connectivity index (χ2v) is 4.76. The van der Waals surface area contributed by atoms with Crippen LogP contribution < -0.4 is 9.47 Å². The van der Waals surface area contributed by atoms with Crippen LogP contribution in [0.2, 0.25) is 0 Å². The summed E-state index contributed by atoms with van der Waals surface area (Å²) in [5.41, 5.74) is 0.479. The van der Waals surface area contributed by atoms with Crippen molar-refractivity contribution in [3.05, 3.63) is 23.5 Å². The molecule has 0 fully saturated rings. The Morgan fingerprint density at radius 1 is 0.909 bits per heavy atom. The normalized spacial score (nSPS) is 9.27. The molecule has 0 unspecified atom stereocenters. The van der Waals surface area contributed by atoms with Gasteiger partial charge in [0.05, 0.1) is 13.2 Å². The maximum absolute atomic E-state index is 14.2. The number of hydrogen-bond acceptors (Lipinski definition) is 2. The van der Waals surface area contributed by atoms with Gasteiger partial charge in [-0.3, -0.25) is 0 Å². The molecule has 1 aromatic carbocycles. The Morgan fingerprint density at radius 3 is 1.95 bits per heavy atom. The van der Waals surface area contributed by atoms with E-state index in [1.54, 1.807) is 26.0 Å². The minimum atomic E-state index is -0.354. The molecule has 0 amide bonds. The zero-order chi connectivity index (χ0) is 16.2. The molecule has 0 aliphatic carbocycles. The number of rotatable bonds is 8. The topological polar surface area (TPSA) is 18.5 Å². The first kappa shape index (κ1) is 17.9. The van der Waals surface area contributed by atoms with Crippen LogP contribution in [0.15, 0.2) is 12.1 Å². The molecule has 0 heterocycles. The number of benzene rings is 1. The lowest BCUT2D eigenvalue weighted by molar-refractivity contribution is 0.288. The predicted molar refractivity (Wildman–Crippen MR) is 87.5 cm³/mol. The van der Waals surface area contributed by atoms with Gasteiger partial charge in [0, 0.05) is 18.4 Å². The molecular weight excluding hydrogens is 279 g/mol. The Balaban J connectivity index is 2.51. The average molecular weight is 302 g/mol. The Bertz CT molecular complexity index is 532. The van der Waals surface area contributed by atoms with Crippen molar-refractivity contribution in [2.45, 2.75) is 46.5 Å². The molecule has 2 nitrogen and oxygen atoms in total. The molecule has 0 bridgehead atoms. The number of hydrogen-bond donors (Lipinski definition) is 0. The van der Waals surface area contributed by atoms with Gasteiger partial charge in [-0.25, -0.2) is 4.39 Å². The van der Waals surface area contributed by atoms with Gasteiger partial charge in [-0.15, -0.1) is 23.7 Å². The summed E-state index contributed by atoms with van der Waals surface area (Å²) in [6.45, 7) is 6.31. The van der Waals surface area contributed by atoms with Gasteiger partial charge in [0.15, 0.2) is 11.6 Å². The van der Waals surface area contributed by atoms with Crippen molar-refractivity contribution in [3.63, 3.8) is 0 Å². The maximum Gasteiger partial charge on any atom is 0.171 e. The lowest BCUT2D eigenvalue weighted by atomic mass is 10.2. The standard InChI is InChI=1S/C19H23FO2/c1-4-6-8-10-14-21-17-12-13-18(19(20)16(17)3)22-15-11-9-7-5-2/h12-13H,8-11,14-15H2,1-3H3. The van der Waals surface area contributed by atoms with E-state index in [9.17, 15) is 4.39 Å². The highest BCUT2D eigenvalue weighted by molar-refractivity contribution is 5.41. The van der Waals surface area contributed by atoms with E-state index in [2.05, 4.69) is 23.7 Å². The van der Waals surface area contributed by atoms with Crippen LogP contribution in [0.1, 0.15) is 45.1 Å². The van der Waals surface area contributed by atoms with E-state index in [1.807, 2.05) is 6.92 Å². The van der Waals surface area contributed by atoms with E-state index in [0.717, 1.165) is 25.7 Å². The molecule has 0 aliphatic rings. The van der Waals surface area contributed by atoms with Crippen molar-refractivity contribution in [2.24, 2.45) is 0 Å². The van der Waals surface area contributed by atoms with Gasteiger partial charge >= 0.3 is 0 Å². The molecule has 0 saturated heterocycles. The van der Waals surface area contributed by atoms with Gasteiger partial charge in [-0.2, -0.15) is 0 Å². The molecule has 0 radical (unpaired) electrons. The van der Waals surface area contributed by atoms with Gasteiger partial charge < -0.3 is 9.47 Å². The summed E-state index contributed by atoms with van der Waals surface area (Å²) in [4.78, 5) is 0. The third kappa shape index (κ3) is 6.10. The summed E-state index contributed by atoms with van der Waals surface area (Å²) >= 11 is 0. The Labute approximate surface area is 133 Å². The monoisotopic (exact) mass is 302 g/mol. The molecule has 0 aliphatic heterocycles.